The monoisotopic (exact) mass is 313 g/mol. The van der Waals surface area contributed by atoms with Crippen LogP contribution in [0.2, 0.25) is 0 Å². The average molecular weight is 313 g/mol. The molecule has 2 aromatic rings. The number of amides is 2. The molecule has 2 saturated heterocycles. The van der Waals surface area contributed by atoms with E-state index in [0.29, 0.717) is 19.1 Å². The number of nitrogens with zero attached hydrogens (tertiary/aromatic N) is 6. The number of hydrogen-bond donors (Lipinski definition) is 1. The minimum Gasteiger partial charge on any atom is -0.336 e. The van der Waals surface area contributed by atoms with Crippen LogP contribution in [-0.2, 0) is 6.54 Å². The fraction of sp³-hybridized carbons (Fsp3) is 0.467. The molecule has 0 bridgehead atoms. The van der Waals surface area contributed by atoms with E-state index in [1.165, 1.54) is 0 Å². The number of nitrogens with one attached hydrogen (secondary N) is 1. The van der Waals surface area contributed by atoms with Crippen molar-refractivity contribution in [3.63, 3.8) is 0 Å². The lowest BCUT2D eigenvalue weighted by Gasteiger charge is -2.38. The van der Waals surface area contributed by atoms with Gasteiger partial charge in [0.25, 0.3) is 0 Å². The molecule has 8 heteroatoms. The fourth-order valence-corrected chi connectivity index (χ4v) is 3.05. The average Bonchev–Trinajstić information content (AvgIpc) is 3.11. The van der Waals surface area contributed by atoms with Gasteiger partial charge in [0.05, 0.1) is 23.6 Å². The first-order valence-electron chi connectivity index (χ1n) is 7.79. The van der Waals surface area contributed by atoms with Crippen molar-refractivity contribution in [3.05, 3.63) is 36.2 Å². The van der Waals surface area contributed by atoms with Crippen molar-refractivity contribution in [1.82, 2.24) is 30.0 Å². The number of hydrogen-bond acceptors (Lipinski definition) is 5. The predicted molar refractivity (Wildman–Crippen MR) is 84.1 cm³/mol. The van der Waals surface area contributed by atoms with Gasteiger partial charge in [0, 0.05) is 45.1 Å². The predicted octanol–water partition coefficient (Wildman–Crippen LogP) is 0.568. The van der Waals surface area contributed by atoms with Gasteiger partial charge in [0.15, 0.2) is 0 Å². The van der Waals surface area contributed by atoms with Gasteiger partial charge in [-0.05, 0) is 13.0 Å². The second-order valence-electron chi connectivity index (χ2n) is 6.01. The van der Waals surface area contributed by atoms with E-state index in [1.807, 2.05) is 23.9 Å². The van der Waals surface area contributed by atoms with Gasteiger partial charge in [0.2, 0.25) is 0 Å². The van der Waals surface area contributed by atoms with Crippen molar-refractivity contribution >= 4 is 11.7 Å². The molecule has 2 fully saturated rings. The second-order valence-corrected chi connectivity index (χ2v) is 6.01. The summed E-state index contributed by atoms with van der Waals surface area (Å²) < 4.78 is 1.96. The normalized spacial score (nSPS) is 19.0. The maximum atomic E-state index is 11.7. The van der Waals surface area contributed by atoms with Crippen molar-refractivity contribution in [2.24, 2.45) is 0 Å². The van der Waals surface area contributed by atoms with Gasteiger partial charge in [-0.25, -0.2) is 14.8 Å². The van der Waals surface area contributed by atoms with Crippen LogP contribution in [0, 0.1) is 6.92 Å². The molecule has 0 radical (unpaired) electrons. The highest BCUT2D eigenvalue weighted by atomic mass is 16.2. The van der Waals surface area contributed by atoms with Gasteiger partial charge in [0.1, 0.15) is 5.82 Å². The van der Waals surface area contributed by atoms with Gasteiger partial charge >= 0.3 is 6.03 Å². The first-order chi connectivity index (χ1) is 11.2. The quantitative estimate of drug-likeness (QED) is 0.892. The molecule has 0 unspecified atom stereocenters. The number of likely N-dealkylation sites (tertiary alicyclic amines) is 1. The fourth-order valence-electron chi connectivity index (χ4n) is 3.05. The highest BCUT2D eigenvalue weighted by molar-refractivity contribution is 5.93. The van der Waals surface area contributed by atoms with Crippen molar-refractivity contribution < 1.29 is 4.79 Å². The number of anilines is 1. The van der Waals surface area contributed by atoms with E-state index in [9.17, 15) is 4.79 Å². The zero-order valence-corrected chi connectivity index (χ0v) is 13.0. The Balaban J connectivity index is 1.35. The van der Waals surface area contributed by atoms with Crippen molar-refractivity contribution in [2.75, 3.05) is 31.1 Å². The van der Waals surface area contributed by atoms with Gasteiger partial charge in [-0.1, -0.05) is 0 Å². The van der Waals surface area contributed by atoms with E-state index >= 15 is 0 Å². The Labute approximate surface area is 134 Å². The zero-order valence-electron chi connectivity index (χ0n) is 13.0. The summed E-state index contributed by atoms with van der Waals surface area (Å²) in [7, 11) is 0. The topological polar surface area (TPSA) is 79.2 Å². The van der Waals surface area contributed by atoms with Crippen LogP contribution in [0.4, 0.5) is 10.5 Å². The summed E-state index contributed by atoms with van der Waals surface area (Å²) in [6.45, 7) is 6.02. The third kappa shape index (κ3) is 2.77. The molecule has 1 N–H and O–H groups in total. The van der Waals surface area contributed by atoms with Crippen LogP contribution in [0.15, 0.2) is 24.7 Å². The molecule has 23 heavy (non-hydrogen) atoms. The van der Waals surface area contributed by atoms with Crippen LogP contribution < -0.4 is 10.2 Å². The maximum absolute atomic E-state index is 11.7. The molecule has 8 nitrogen and oxygen atoms in total. The molecule has 0 saturated carbocycles. The molecule has 0 spiro atoms. The number of rotatable bonds is 4. The Morgan fingerprint density at radius 1 is 1.39 bits per heavy atom. The van der Waals surface area contributed by atoms with Crippen LogP contribution in [0.25, 0.3) is 0 Å². The van der Waals surface area contributed by atoms with Crippen molar-refractivity contribution in [3.8, 4) is 0 Å². The summed E-state index contributed by atoms with van der Waals surface area (Å²) in [5.41, 5.74) is 1.91. The highest BCUT2D eigenvalue weighted by Gasteiger charge is 2.30. The molecule has 2 amide bonds. The van der Waals surface area contributed by atoms with Crippen molar-refractivity contribution in [1.29, 1.82) is 0 Å². The van der Waals surface area contributed by atoms with Crippen LogP contribution in [0.5, 0.6) is 0 Å². The van der Waals surface area contributed by atoms with Crippen LogP contribution in [0.1, 0.15) is 17.6 Å². The van der Waals surface area contributed by atoms with Crippen LogP contribution in [-0.4, -0.2) is 56.9 Å². The Morgan fingerprint density at radius 2 is 2.26 bits per heavy atom. The lowest BCUT2D eigenvalue weighted by atomic mass is 10.1. The molecule has 2 aliphatic heterocycles. The Hall–Kier alpha value is -2.48. The summed E-state index contributed by atoms with van der Waals surface area (Å²) >= 11 is 0. The lowest BCUT2D eigenvalue weighted by molar-refractivity contribution is 0.0895. The number of carbonyl (C=O) groups excluding carboxylic acids is 1. The van der Waals surface area contributed by atoms with E-state index < -0.39 is 0 Å². The molecule has 2 aromatic heterocycles. The maximum Gasteiger partial charge on any atom is 0.322 e. The molecule has 4 heterocycles. The van der Waals surface area contributed by atoms with Gasteiger partial charge in [-0.2, -0.15) is 5.10 Å². The molecular weight excluding hydrogens is 294 g/mol. The van der Waals surface area contributed by atoms with Gasteiger partial charge in [-0.15, -0.1) is 0 Å². The van der Waals surface area contributed by atoms with Crippen LogP contribution >= 0.6 is 0 Å². The molecule has 0 aliphatic carbocycles. The van der Waals surface area contributed by atoms with Crippen LogP contribution in [0.3, 0.4) is 0 Å². The highest BCUT2D eigenvalue weighted by Crippen LogP contribution is 2.25. The Morgan fingerprint density at radius 3 is 3.00 bits per heavy atom. The van der Waals surface area contributed by atoms with E-state index in [2.05, 4.69) is 25.3 Å². The van der Waals surface area contributed by atoms with E-state index in [-0.39, 0.29) is 6.03 Å². The second kappa shape index (κ2) is 5.62. The molecule has 120 valence electrons. The molecule has 4 rings (SSSR count). The molecule has 0 aromatic carbocycles. The van der Waals surface area contributed by atoms with Gasteiger partial charge in [-0.3, -0.25) is 14.5 Å². The van der Waals surface area contributed by atoms with E-state index in [0.717, 1.165) is 36.8 Å². The Bertz CT molecular complexity index is 722. The van der Waals surface area contributed by atoms with E-state index in [4.69, 9.17) is 0 Å². The smallest absolute Gasteiger partial charge is 0.322 e. The lowest BCUT2D eigenvalue weighted by Crippen LogP contribution is -2.47. The molecule has 2 aliphatic rings. The van der Waals surface area contributed by atoms with Crippen molar-refractivity contribution in [2.45, 2.75) is 19.5 Å². The summed E-state index contributed by atoms with van der Waals surface area (Å²) in [5.74, 6) is 0.806. The zero-order chi connectivity index (χ0) is 15.8. The summed E-state index contributed by atoms with van der Waals surface area (Å²) in [5, 5.41) is 7.22. The Kier molecular flexibility index (Phi) is 3.45. The first-order valence-corrected chi connectivity index (χ1v) is 7.79. The largest absolute Gasteiger partial charge is 0.336 e. The first kappa shape index (κ1) is 14.1. The minimum atomic E-state index is -0.0427. The summed E-state index contributed by atoms with van der Waals surface area (Å²) in [6.07, 6.45) is 5.53. The van der Waals surface area contributed by atoms with E-state index in [1.54, 1.807) is 17.3 Å². The number of aromatic nitrogens is 4. The number of aryl methyl sites for hydroxylation is 1. The summed E-state index contributed by atoms with van der Waals surface area (Å²) in [6, 6.07) is 2.27. The molecular formula is C15H19N7O. The number of urea groups is 1. The van der Waals surface area contributed by atoms with Gasteiger partial charge < -0.3 is 5.32 Å². The number of carbonyl (C=O) groups is 1. The third-order valence-electron chi connectivity index (χ3n) is 4.29. The third-order valence-corrected chi connectivity index (χ3v) is 4.29. The SMILES string of the molecule is Cc1nccc(CN2CC(n3cc(N4CCNC4=O)cn3)C2)n1. The minimum absolute atomic E-state index is 0.0427. The summed E-state index contributed by atoms with van der Waals surface area (Å²) in [4.78, 5) is 24.3. The molecule has 0 atom stereocenters. The standard InChI is InChI=1S/C15H19N7O/c1-11-16-3-2-12(19-11)7-20-8-14(9-20)22-10-13(6-18-22)21-5-4-17-15(21)23/h2-3,6,10,14H,4-5,7-9H2,1H3,(H,17,23).